The number of anilines is 1. The van der Waals surface area contributed by atoms with Gasteiger partial charge < -0.3 is 9.47 Å². The highest BCUT2D eigenvalue weighted by molar-refractivity contribution is 7.92. The van der Waals surface area contributed by atoms with Crippen LogP contribution in [0.1, 0.15) is 15.9 Å². The number of esters is 1. The average Bonchev–Trinajstić information content (AvgIpc) is 2.65. The summed E-state index contributed by atoms with van der Waals surface area (Å²) >= 11 is 6.03. The van der Waals surface area contributed by atoms with E-state index in [4.69, 9.17) is 21.1 Å². The van der Waals surface area contributed by atoms with Crippen LogP contribution in [0, 0.1) is 6.92 Å². The lowest BCUT2D eigenvalue weighted by atomic mass is 10.2. The van der Waals surface area contributed by atoms with Gasteiger partial charge in [0.25, 0.3) is 10.0 Å². The number of halogens is 1. The molecule has 0 spiro atoms. The van der Waals surface area contributed by atoms with Crippen molar-refractivity contribution < 1.29 is 22.7 Å². The number of aryl methyl sites for hydroxylation is 1. The van der Waals surface area contributed by atoms with E-state index in [2.05, 4.69) is 6.58 Å². The van der Waals surface area contributed by atoms with Crippen LogP contribution in [0.25, 0.3) is 0 Å². The van der Waals surface area contributed by atoms with E-state index in [1.54, 1.807) is 13.0 Å². The average molecular weight is 410 g/mol. The zero-order chi connectivity index (χ0) is 20.2. The topological polar surface area (TPSA) is 72.9 Å². The highest BCUT2D eigenvalue weighted by Crippen LogP contribution is 2.30. The molecule has 0 saturated heterocycles. The normalized spacial score (nSPS) is 11.0. The Morgan fingerprint density at radius 1 is 1.22 bits per heavy atom. The van der Waals surface area contributed by atoms with Gasteiger partial charge in [0.05, 0.1) is 41.9 Å². The molecule has 0 aromatic heterocycles. The second-order valence-corrected chi connectivity index (χ2v) is 7.88. The molecule has 0 aliphatic heterocycles. The van der Waals surface area contributed by atoms with Gasteiger partial charge in [-0.25, -0.2) is 13.2 Å². The number of nitrogens with zero attached hydrogens (tertiary/aromatic N) is 1. The van der Waals surface area contributed by atoms with Gasteiger partial charge in [0.2, 0.25) is 0 Å². The maximum Gasteiger partial charge on any atom is 0.339 e. The molecule has 144 valence electrons. The zero-order valence-electron chi connectivity index (χ0n) is 15.2. The number of ether oxygens (including phenoxy) is 2. The van der Waals surface area contributed by atoms with Gasteiger partial charge in [0.1, 0.15) is 5.75 Å². The van der Waals surface area contributed by atoms with Crippen molar-refractivity contribution in [3.05, 3.63) is 65.2 Å². The number of carbonyl (C=O) groups is 1. The van der Waals surface area contributed by atoms with E-state index in [-0.39, 0.29) is 27.7 Å². The van der Waals surface area contributed by atoms with E-state index in [0.29, 0.717) is 11.3 Å². The lowest BCUT2D eigenvalue weighted by molar-refractivity contribution is 0.0601. The summed E-state index contributed by atoms with van der Waals surface area (Å²) in [5, 5.41) is 0.168. The van der Waals surface area contributed by atoms with Gasteiger partial charge in [-0.2, -0.15) is 0 Å². The molecule has 2 rings (SSSR count). The maximum atomic E-state index is 13.2. The first-order valence-electron chi connectivity index (χ1n) is 7.92. The molecule has 6 nitrogen and oxygen atoms in total. The molecule has 8 heteroatoms. The SMILES string of the molecule is C=CCN(c1ccc(Cl)c(C(=O)OC)c1)S(=O)(=O)c1ccc(OC)c(C)c1. The van der Waals surface area contributed by atoms with Crippen molar-refractivity contribution in [2.75, 3.05) is 25.1 Å². The summed E-state index contributed by atoms with van der Waals surface area (Å²) in [4.78, 5) is 12.0. The molecule has 0 heterocycles. The standard InChI is InChI=1S/C19H20ClNO5S/c1-5-10-21(14-6-8-17(20)16(12-14)19(22)26-4)27(23,24)15-7-9-18(25-3)13(2)11-15/h5-9,11-12H,1,10H2,2-4H3. The lowest BCUT2D eigenvalue weighted by Crippen LogP contribution is -2.31. The number of carbonyl (C=O) groups excluding carboxylic acids is 1. The van der Waals surface area contributed by atoms with Gasteiger partial charge in [-0.15, -0.1) is 6.58 Å². The molecular formula is C19H20ClNO5S. The van der Waals surface area contributed by atoms with Crippen LogP contribution in [0.3, 0.4) is 0 Å². The predicted molar refractivity (Wildman–Crippen MR) is 105 cm³/mol. The fourth-order valence-electron chi connectivity index (χ4n) is 2.53. The van der Waals surface area contributed by atoms with Crippen LogP contribution in [-0.4, -0.2) is 35.2 Å². The Morgan fingerprint density at radius 2 is 1.93 bits per heavy atom. The quantitative estimate of drug-likeness (QED) is 0.513. The Morgan fingerprint density at radius 3 is 2.48 bits per heavy atom. The summed E-state index contributed by atoms with van der Waals surface area (Å²) in [7, 11) is -1.17. The summed E-state index contributed by atoms with van der Waals surface area (Å²) in [6.45, 7) is 5.39. The molecule has 0 bridgehead atoms. The van der Waals surface area contributed by atoms with Crippen molar-refractivity contribution in [2.45, 2.75) is 11.8 Å². The van der Waals surface area contributed by atoms with Crippen LogP contribution in [0.15, 0.2) is 53.9 Å². The van der Waals surface area contributed by atoms with Gasteiger partial charge in [0.15, 0.2) is 0 Å². The Hall–Kier alpha value is -2.51. The number of benzene rings is 2. The number of hydrogen-bond donors (Lipinski definition) is 0. The number of methoxy groups -OCH3 is 2. The Bertz CT molecular complexity index is 972. The lowest BCUT2D eigenvalue weighted by Gasteiger charge is -2.24. The smallest absolute Gasteiger partial charge is 0.339 e. The Balaban J connectivity index is 2.58. The van der Waals surface area contributed by atoms with Crippen LogP contribution in [0.4, 0.5) is 5.69 Å². The zero-order valence-corrected chi connectivity index (χ0v) is 16.8. The minimum absolute atomic E-state index is 0.00958. The number of hydrogen-bond acceptors (Lipinski definition) is 5. The summed E-state index contributed by atoms with van der Waals surface area (Å²) in [5.41, 5.74) is 1.03. The molecule has 0 radical (unpaired) electrons. The second-order valence-electron chi connectivity index (χ2n) is 5.61. The summed E-state index contributed by atoms with van der Waals surface area (Å²) in [6, 6.07) is 8.94. The summed E-state index contributed by atoms with van der Waals surface area (Å²) < 4.78 is 37.4. The van der Waals surface area contributed by atoms with Crippen LogP contribution >= 0.6 is 11.6 Å². The summed E-state index contributed by atoms with van der Waals surface area (Å²) in [6.07, 6.45) is 1.46. The molecule has 2 aromatic carbocycles. The molecule has 0 fully saturated rings. The molecule has 0 aliphatic rings. The minimum atomic E-state index is -3.91. The van der Waals surface area contributed by atoms with Crippen molar-refractivity contribution in [3.8, 4) is 5.75 Å². The maximum absolute atomic E-state index is 13.2. The van der Waals surface area contributed by atoms with Crippen molar-refractivity contribution in [1.29, 1.82) is 0 Å². The monoisotopic (exact) mass is 409 g/mol. The highest BCUT2D eigenvalue weighted by atomic mass is 35.5. The third kappa shape index (κ3) is 4.26. The molecule has 0 amide bonds. The third-order valence-corrected chi connectivity index (χ3v) is 6.01. The van der Waals surface area contributed by atoms with Crippen LogP contribution in [-0.2, 0) is 14.8 Å². The van der Waals surface area contributed by atoms with Gasteiger partial charge in [-0.1, -0.05) is 17.7 Å². The van der Waals surface area contributed by atoms with Gasteiger partial charge in [0, 0.05) is 0 Å². The minimum Gasteiger partial charge on any atom is -0.496 e. The molecule has 27 heavy (non-hydrogen) atoms. The number of rotatable bonds is 7. The molecule has 2 aromatic rings. The van der Waals surface area contributed by atoms with Crippen molar-refractivity contribution in [2.24, 2.45) is 0 Å². The van der Waals surface area contributed by atoms with Crippen molar-refractivity contribution in [3.63, 3.8) is 0 Å². The first kappa shape index (κ1) is 20.8. The van der Waals surface area contributed by atoms with Crippen molar-refractivity contribution >= 4 is 33.3 Å². The van der Waals surface area contributed by atoms with Gasteiger partial charge >= 0.3 is 5.97 Å². The van der Waals surface area contributed by atoms with E-state index in [1.165, 1.54) is 50.6 Å². The van der Waals surface area contributed by atoms with Gasteiger partial charge in [-0.3, -0.25) is 4.31 Å². The van der Waals surface area contributed by atoms with E-state index >= 15 is 0 Å². The molecule has 0 unspecified atom stereocenters. The molecule has 0 saturated carbocycles. The first-order chi connectivity index (χ1) is 12.8. The van der Waals surface area contributed by atoms with E-state index in [1.807, 2.05) is 0 Å². The van der Waals surface area contributed by atoms with E-state index < -0.39 is 16.0 Å². The molecule has 0 aliphatic carbocycles. The second kappa shape index (κ2) is 8.45. The fraction of sp³-hybridized carbons (Fsp3) is 0.211. The van der Waals surface area contributed by atoms with Crippen molar-refractivity contribution in [1.82, 2.24) is 0 Å². The van der Waals surface area contributed by atoms with Crippen LogP contribution < -0.4 is 9.04 Å². The molecule has 0 atom stereocenters. The van der Waals surface area contributed by atoms with Crippen LogP contribution in [0.2, 0.25) is 5.02 Å². The van der Waals surface area contributed by atoms with Crippen LogP contribution in [0.5, 0.6) is 5.75 Å². The Labute approximate surface area is 164 Å². The Kier molecular flexibility index (Phi) is 6.51. The number of sulfonamides is 1. The molecule has 0 N–H and O–H groups in total. The fourth-order valence-corrected chi connectivity index (χ4v) is 4.24. The largest absolute Gasteiger partial charge is 0.496 e. The summed E-state index contributed by atoms with van der Waals surface area (Å²) in [5.74, 6) is -0.0678. The third-order valence-electron chi connectivity index (χ3n) is 3.89. The predicted octanol–water partition coefficient (Wildman–Crippen LogP) is 3.82. The first-order valence-corrected chi connectivity index (χ1v) is 9.74. The highest BCUT2D eigenvalue weighted by Gasteiger charge is 2.26. The van der Waals surface area contributed by atoms with Gasteiger partial charge in [-0.05, 0) is 48.9 Å². The molecular weight excluding hydrogens is 390 g/mol. The van der Waals surface area contributed by atoms with E-state index in [0.717, 1.165) is 4.31 Å². The van der Waals surface area contributed by atoms with E-state index in [9.17, 15) is 13.2 Å².